The fourth-order valence-electron chi connectivity index (χ4n) is 3.30. The lowest BCUT2D eigenvalue weighted by atomic mass is 10.0. The summed E-state index contributed by atoms with van der Waals surface area (Å²) in [6.45, 7) is 8.28. The van der Waals surface area contributed by atoms with Gasteiger partial charge in [0.1, 0.15) is 0 Å². The van der Waals surface area contributed by atoms with Crippen LogP contribution in [-0.4, -0.2) is 16.6 Å². The summed E-state index contributed by atoms with van der Waals surface area (Å²) in [5.41, 5.74) is 7.60. The lowest BCUT2D eigenvalue weighted by Gasteiger charge is -2.11. The third-order valence-electron chi connectivity index (χ3n) is 4.74. The quantitative estimate of drug-likeness (QED) is 0.386. The van der Waals surface area contributed by atoms with E-state index in [4.69, 9.17) is 16.6 Å². The number of aromatic nitrogens is 1. The van der Waals surface area contributed by atoms with Crippen molar-refractivity contribution in [3.63, 3.8) is 0 Å². The largest absolute Gasteiger partial charge is 0.272 e. The molecule has 5 heteroatoms. The van der Waals surface area contributed by atoms with E-state index in [2.05, 4.69) is 43.4 Å². The smallest absolute Gasteiger partial charge is 0.267 e. The molecular weight excluding hydrogens is 382 g/mol. The summed E-state index contributed by atoms with van der Waals surface area (Å²) in [7, 11) is 0. The molecule has 0 saturated carbocycles. The van der Waals surface area contributed by atoms with Crippen molar-refractivity contribution in [1.29, 1.82) is 0 Å². The van der Waals surface area contributed by atoms with E-state index in [0.717, 1.165) is 24.1 Å². The zero-order valence-corrected chi connectivity index (χ0v) is 18.0. The van der Waals surface area contributed by atoms with E-state index in [9.17, 15) is 4.79 Å². The third kappa shape index (κ3) is 5.01. The number of nitrogens with zero attached hydrogens (tertiary/aromatic N) is 2. The first-order chi connectivity index (χ1) is 13.9. The monoisotopic (exact) mass is 407 g/mol. The first kappa shape index (κ1) is 21.0. The van der Waals surface area contributed by atoms with Crippen molar-refractivity contribution in [3.05, 3.63) is 64.7 Å². The van der Waals surface area contributed by atoms with Gasteiger partial charge in [-0.1, -0.05) is 68.8 Å². The molecule has 2 aromatic carbocycles. The zero-order chi connectivity index (χ0) is 21.0. The van der Waals surface area contributed by atoms with Crippen LogP contribution in [0.15, 0.2) is 53.6 Å². The molecule has 0 spiro atoms. The van der Waals surface area contributed by atoms with Gasteiger partial charge in [0, 0.05) is 16.7 Å². The average Bonchev–Trinajstić information content (AvgIpc) is 2.71. The maximum absolute atomic E-state index is 13.0. The minimum absolute atomic E-state index is 0.269. The van der Waals surface area contributed by atoms with E-state index in [-0.39, 0.29) is 5.91 Å². The molecular formula is C24H26ClN3O. The predicted octanol–water partition coefficient (Wildman–Crippen LogP) is 6.27. The van der Waals surface area contributed by atoms with Crippen LogP contribution in [0.2, 0.25) is 5.02 Å². The number of fused-ring (bicyclic) bond motifs is 1. The van der Waals surface area contributed by atoms with Crippen LogP contribution in [0, 0.1) is 5.92 Å². The van der Waals surface area contributed by atoms with Gasteiger partial charge in [0.25, 0.3) is 5.91 Å². The number of carbonyl (C=O) groups excluding carboxylic acids is 1. The van der Waals surface area contributed by atoms with Crippen molar-refractivity contribution in [2.24, 2.45) is 11.0 Å². The normalized spacial score (nSPS) is 11.9. The van der Waals surface area contributed by atoms with Crippen LogP contribution in [0.1, 0.15) is 50.0 Å². The topological polar surface area (TPSA) is 54.4 Å². The fraction of sp³-hybridized carbons (Fsp3) is 0.292. The van der Waals surface area contributed by atoms with Crippen molar-refractivity contribution >= 4 is 34.1 Å². The Bertz CT molecular complexity index is 1060. The van der Waals surface area contributed by atoms with Gasteiger partial charge < -0.3 is 0 Å². The van der Waals surface area contributed by atoms with Crippen LogP contribution in [0.5, 0.6) is 0 Å². The Kier molecular flexibility index (Phi) is 6.65. The molecule has 0 fully saturated rings. The van der Waals surface area contributed by atoms with Crippen LogP contribution >= 0.6 is 11.6 Å². The Balaban J connectivity index is 2.05. The highest BCUT2D eigenvalue weighted by atomic mass is 35.5. The second-order valence-electron chi connectivity index (χ2n) is 7.63. The molecule has 3 rings (SSSR count). The molecule has 150 valence electrons. The molecule has 0 aliphatic rings. The fourth-order valence-corrected chi connectivity index (χ4v) is 3.52. The number of hydrogen-bond donors (Lipinski definition) is 1. The summed E-state index contributed by atoms with van der Waals surface area (Å²) in [6.07, 6.45) is 1.80. The molecule has 0 bridgehead atoms. The molecule has 1 N–H and O–H groups in total. The predicted molar refractivity (Wildman–Crippen MR) is 122 cm³/mol. The Labute approximate surface area is 177 Å². The summed E-state index contributed by atoms with van der Waals surface area (Å²) in [4.78, 5) is 17.7. The van der Waals surface area contributed by atoms with Crippen LogP contribution in [-0.2, 0) is 6.42 Å². The Morgan fingerprint density at radius 1 is 1.17 bits per heavy atom. The number of aryl methyl sites for hydroxylation is 1. The van der Waals surface area contributed by atoms with Gasteiger partial charge >= 0.3 is 0 Å². The molecule has 4 nitrogen and oxygen atoms in total. The van der Waals surface area contributed by atoms with E-state index < -0.39 is 0 Å². The molecule has 0 aliphatic heterocycles. The number of hydrogen-bond acceptors (Lipinski definition) is 3. The van der Waals surface area contributed by atoms with E-state index in [1.54, 1.807) is 6.07 Å². The number of rotatable bonds is 6. The molecule has 29 heavy (non-hydrogen) atoms. The zero-order valence-electron chi connectivity index (χ0n) is 17.3. The van der Waals surface area contributed by atoms with Crippen molar-refractivity contribution in [2.45, 2.75) is 40.5 Å². The Hall–Kier alpha value is -2.72. The maximum Gasteiger partial charge on any atom is 0.272 e. The number of nitrogens with one attached hydrogen (secondary N) is 1. The van der Waals surface area contributed by atoms with Gasteiger partial charge in [-0.25, -0.2) is 10.4 Å². The SMILES string of the molecule is CCc1ccc(-c2cc(C(=O)NN=C(C)CC(C)C)c3cccc(Cl)c3n2)cc1. The van der Waals surface area contributed by atoms with Crippen molar-refractivity contribution in [2.75, 3.05) is 0 Å². The Morgan fingerprint density at radius 3 is 2.55 bits per heavy atom. The van der Waals surface area contributed by atoms with E-state index in [0.29, 0.717) is 33.1 Å². The van der Waals surface area contributed by atoms with Gasteiger partial charge in [-0.2, -0.15) is 5.10 Å². The summed E-state index contributed by atoms with van der Waals surface area (Å²) in [6, 6.07) is 15.5. The van der Waals surface area contributed by atoms with E-state index in [1.165, 1.54) is 5.56 Å². The van der Waals surface area contributed by atoms with Gasteiger partial charge in [-0.15, -0.1) is 0 Å². The lowest BCUT2D eigenvalue weighted by molar-refractivity contribution is 0.0956. The number of amides is 1. The second-order valence-corrected chi connectivity index (χ2v) is 8.03. The molecule has 1 amide bonds. The second kappa shape index (κ2) is 9.19. The van der Waals surface area contributed by atoms with Gasteiger partial charge in [0.05, 0.1) is 21.8 Å². The van der Waals surface area contributed by atoms with Crippen LogP contribution in [0.25, 0.3) is 22.2 Å². The standard InChI is InChI=1S/C24H26ClN3O/c1-5-17-9-11-18(12-10-17)22-14-20(19-7-6-8-21(25)23(19)26-22)24(29)28-27-16(4)13-15(2)3/h6-12,14-15H,5,13H2,1-4H3,(H,28,29). The van der Waals surface area contributed by atoms with Crippen LogP contribution in [0.4, 0.5) is 0 Å². The number of hydrazone groups is 1. The molecule has 1 aromatic heterocycles. The van der Waals surface area contributed by atoms with Gasteiger partial charge in [-0.3, -0.25) is 4.79 Å². The molecule has 0 unspecified atom stereocenters. The molecule has 3 aromatic rings. The van der Waals surface area contributed by atoms with Gasteiger partial charge in [0.15, 0.2) is 0 Å². The highest BCUT2D eigenvalue weighted by molar-refractivity contribution is 6.35. The Morgan fingerprint density at radius 2 is 1.90 bits per heavy atom. The summed E-state index contributed by atoms with van der Waals surface area (Å²) in [5, 5.41) is 5.48. The molecule has 1 heterocycles. The van der Waals surface area contributed by atoms with E-state index >= 15 is 0 Å². The average molecular weight is 408 g/mol. The number of halogens is 1. The van der Waals surface area contributed by atoms with Gasteiger partial charge in [0.2, 0.25) is 0 Å². The molecule has 0 radical (unpaired) electrons. The van der Waals surface area contributed by atoms with Crippen molar-refractivity contribution in [1.82, 2.24) is 10.4 Å². The summed E-state index contributed by atoms with van der Waals surface area (Å²) >= 11 is 6.40. The maximum atomic E-state index is 13.0. The summed E-state index contributed by atoms with van der Waals surface area (Å²) in [5.74, 6) is 0.211. The number of carbonyl (C=O) groups is 1. The van der Waals surface area contributed by atoms with Gasteiger partial charge in [-0.05, 0) is 43.4 Å². The molecule has 0 aliphatic carbocycles. The number of pyridine rings is 1. The minimum Gasteiger partial charge on any atom is -0.267 e. The molecule has 0 atom stereocenters. The highest BCUT2D eigenvalue weighted by Crippen LogP contribution is 2.29. The van der Waals surface area contributed by atoms with Crippen molar-refractivity contribution in [3.8, 4) is 11.3 Å². The summed E-state index contributed by atoms with van der Waals surface area (Å²) < 4.78 is 0. The third-order valence-corrected chi connectivity index (χ3v) is 5.05. The highest BCUT2D eigenvalue weighted by Gasteiger charge is 2.15. The number of para-hydroxylation sites is 1. The van der Waals surface area contributed by atoms with Crippen LogP contribution < -0.4 is 5.43 Å². The minimum atomic E-state index is -0.269. The first-order valence-corrected chi connectivity index (χ1v) is 10.3. The lowest BCUT2D eigenvalue weighted by Crippen LogP contribution is -2.20. The van der Waals surface area contributed by atoms with Crippen molar-refractivity contribution < 1.29 is 4.79 Å². The first-order valence-electron chi connectivity index (χ1n) is 9.91. The van der Waals surface area contributed by atoms with Crippen LogP contribution in [0.3, 0.4) is 0 Å². The molecule has 0 saturated heterocycles. The van der Waals surface area contributed by atoms with E-state index in [1.807, 2.05) is 37.3 Å². The number of benzene rings is 2.